The SMILES string of the molecule is CC(=O)NC(CC(=O)Nc1ccccc1C(=O)Nc1cccc(C)c1)c1ccc(C)cc1. The zero-order valence-corrected chi connectivity index (χ0v) is 18.4. The van der Waals surface area contributed by atoms with Gasteiger partial charge in [-0.1, -0.05) is 54.1 Å². The van der Waals surface area contributed by atoms with Crippen molar-refractivity contribution in [2.75, 3.05) is 10.6 Å². The molecule has 0 aliphatic rings. The summed E-state index contributed by atoms with van der Waals surface area (Å²) in [6.07, 6.45) is 0.0382. The average molecular weight is 430 g/mol. The third-order valence-corrected chi connectivity index (χ3v) is 4.97. The fourth-order valence-corrected chi connectivity index (χ4v) is 3.39. The topological polar surface area (TPSA) is 87.3 Å². The molecule has 0 saturated heterocycles. The monoisotopic (exact) mass is 429 g/mol. The Hall–Kier alpha value is -3.93. The molecule has 6 heteroatoms. The minimum Gasteiger partial charge on any atom is -0.349 e. The minimum atomic E-state index is -0.471. The van der Waals surface area contributed by atoms with Crippen molar-refractivity contribution in [3.8, 4) is 0 Å². The van der Waals surface area contributed by atoms with Crippen LogP contribution in [-0.4, -0.2) is 17.7 Å². The predicted molar refractivity (Wildman–Crippen MR) is 127 cm³/mol. The van der Waals surface area contributed by atoms with Crippen LogP contribution in [0.4, 0.5) is 11.4 Å². The van der Waals surface area contributed by atoms with Gasteiger partial charge in [-0.2, -0.15) is 0 Å². The van der Waals surface area contributed by atoms with Crippen LogP contribution in [0.3, 0.4) is 0 Å². The Labute approximate surface area is 188 Å². The summed E-state index contributed by atoms with van der Waals surface area (Å²) in [5.41, 5.74) is 4.41. The molecule has 0 heterocycles. The molecule has 0 spiro atoms. The molecule has 3 aromatic rings. The van der Waals surface area contributed by atoms with E-state index in [-0.39, 0.29) is 24.1 Å². The standard InChI is InChI=1S/C26H27N3O3/c1-17-11-13-20(14-12-17)24(27-19(3)30)16-25(31)29-23-10-5-4-9-22(23)26(32)28-21-8-6-7-18(2)15-21/h4-15,24H,16H2,1-3H3,(H,27,30)(H,28,32)(H,29,31). The lowest BCUT2D eigenvalue weighted by molar-refractivity contribution is -0.120. The fourth-order valence-electron chi connectivity index (χ4n) is 3.39. The van der Waals surface area contributed by atoms with Gasteiger partial charge in [-0.05, 0) is 49.2 Å². The lowest BCUT2D eigenvalue weighted by Crippen LogP contribution is -2.30. The zero-order chi connectivity index (χ0) is 23.1. The van der Waals surface area contributed by atoms with E-state index in [0.717, 1.165) is 16.7 Å². The molecule has 0 radical (unpaired) electrons. The van der Waals surface area contributed by atoms with Gasteiger partial charge in [0, 0.05) is 12.6 Å². The number of para-hydroxylation sites is 1. The van der Waals surface area contributed by atoms with Crippen LogP contribution in [0.5, 0.6) is 0 Å². The molecule has 3 amide bonds. The summed E-state index contributed by atoms with van der Waals surface area (Å²) in [6, 6.07) is 21.5. The van der Waals surface area contributed by atoms with E-state index in [2.05, 4.69) is 16.0 Å². The number of hydrogen-bond donors (Lipinski definition) is 3. The summed E-state index contributed by atoms with van der Waals surface area (Å²) in [5, 5.41) is 8.51. The van der Waals surface area contributed by atoms with Gasteiger partial charge in [0.1, 0.15) is 0 Å². The fraction of sp³-hybridized carbons (Fsp3) is 0.192. The first-order chi connectivity index (χ1) is 15.3. The van der Waals surface area contributed by atoms with Crippen LogP contribution in [0.25, 0.3) is 0 Å². The van der Waals surface area contributed by atoms with Gasteiger partial charge in [0.25, 0.3) is 5.91 Å². The molecule has 6 nitrogen and oxygen atoms in total. The number of carbonyl (C=O) groups is 3. The van der Waals surface area contributed by atoms with E-state index in [1.54, 1.807) is 24.3 Å². The van der Waals surface area contributed by atoms with E-state index in [4.69, 9.17) is 0 Å². The molecular weight excluding hydrogens is 402 g/mol. The third-order valence-electron chi connectivity index (χ3n) is 4.97. The molecule has 1 unspecified atom stereocenters. The summed E-state index contributed by atoms with van der Waals surface area (Å²) in [6.45, 7) is 5.34. The Balaban J connectivity index is 1.74. The molecule has 32 heavy (non-hydrogen) atoms. The van der Waals surface area contributed by atoms with Crippen molar-refractivity contribution in [2.45, 2.75) is 33.2 Å². The van der Waals surface area contributed by atoms with Crippen LogP contribution in [0.2, 0.25) is 0 Å². The lowest BCUT2D eigenvalue weighted by atomic mass is 10.0. The maximum atomic E-state index is 12.8. The van der Waals surface area contributed by atoms with Gasteiger partial charge in [0.15, 0.2) is 0 Å². The largest absolute Gasteiger partial charge is 0.349 e. The highest BCUT2D eigenvalue weighted by molar-refractivity contribution is 6.10. The number of nitrogens with one attached hydrogen (secondary N) is 3. The first kappa shape index (κ1) is 22.7. The first-order valence-corrected chi connectivity index (χ1v) is 10.4. The van der Waals surface area contributed by atoms with Crippen molar-refractivity contribution in [3.63, 3.8) is 0 Å². The van der Waals surface area contributed by atoms with Crippen LogP contribution in [0.1, 0.15) is 46.4 Å². The van der Waals surface area contributed by atoms with Crippen LogP contribution in [0, 0.1) is 13.8 Å². The smallest absolute Gasteiger partial charge is 0.257 e. The van der Waals surface area contributed by atoms with Crippen molar-refractivity contribution in [1.82, 2.24) is 5.32 Å². The molecule has 0 aliphatic carbocycles. The van der Waals surface area contributed by atoms with E-state index >= 15 is 0 Å². The Morgan fingerprint density at radius 1 is 0.812 bits per heavy atom. The summed E-state index contributed by atoms with van der Waals surface area (Å²) in [7, 11) is 0. The van der Waals surface area contributed by atoms with Gasteiger partial charge in [0.05, 0.1) is 23.7 Å². The van der Waals surface area contributed by atoms with Gasteiger partial charge in [-0.15, -0.1) is 0 Å². The molecule has 1 atom stereocenters. The number of carbonyl (C=O) groups excluding carboxylic acids is 3. The molecule has 0 saturated carbocycles. The van der Waals surface area contributed by atoms with Crippen molar-refractivity contribution < 1.29 is 14.4 Å². The molecule has 3 aromatic carbocycles. The minimum absolute atomic E-state index is 0.0382. The highest BCUT2D eigenvalue weighted by Crippen LogP contribution is 2.21. The molecule has 3 N–H and O–H groups in total. The second-order valence-electron chi connectivity index (χ2n) is 7.79. The first-order valence-electron chi connectivity index (χ1n) is 10.4. The zero-order valence-electron chi connectivity index (χ0n) is 18.4. The van der Waals surface area contributed by atoms with Gasteiger partial charge in [-0.25, -0.2) is 0 Å². The van der Waals surface area contributed by atoms with Crippen molar-refractivity contribution in [2.24, 2.45) is 0 Å². The van der Waals surface area contributed by atoms with Crippen molar-refractivity contribution >= 4 is 29.1 Å². The molecule has 0 fully saturated rings. The third kappa shape index (κ3) is 6.28. The second kappa shape index (κ2) is 10.4. The van der Waals surface area contributed by atoms with E-state index < -0.39 is 6.04 Å². The number of anilines is 2. The van der Waals surface area contributed by atoms with Gasteiger partial charge in [-0.3, -0.25) is 14.4 Å². The quantitative estimate of drug-likeness (QED) is 0.506. The summed E-state index contributed by atoms with van der Waals surface area (Å²) in [5.74, 6) is -0.843. The lowest BCUT2D eigenvalue weighted by Gasteiger charge is -2.19. The van der Waals surface area contributed by atoms with Crippen molar-refractivity contribution in [3.05, 3.63) is 95.1 Å². The number of aryl methyl sites for hydroxylation is 2. The van der Waals surface area contributed by atoms with Gasteiger partial charge < -0.3 is 16.0 Å². The summed E-state index contributed by atoms with van der Waals surface area (Å²) in [4.78, 5) is 37.3. The maximum Gasteiger partial charge on any atom is 0.257 e. The molecule has 0 aliphatic heterocycles. The Bertz CT molecular complexity index is 1120. The Morgan fingerprint density at radius 3 is 2.22 bits per heavy atom. The molecular formula is C26H27N3O3. The highest BCUT2D eigenvalue weighted by Gasteiger charge is 2.19. The normalized spacial score (nSPS) is 11.3. The average Bonchev–Trinajstić information content (AvgIpc) is 2.74. The van der Waals surface area contributed by atoms with E-state index in [9.17, 15) is 14.4 Å². The van der Waals surface area contributed by atoms with E-state index in [1.807, 2.05) is 62.4 Å². The molecule has 0 bridgehead atoms. The van der Waals surface area contributed by atoms with E-state index in [0.29, 0.717) is 16.9 Å². The molecule has 3 rings (SSSR count). The summed E-state index contributed by atoms with van der Waals surface area (Å²) >= 11 is 0. The van der Waals surface area contributed by atoms with Crippen LogP contribution in [0.15, 0.2) is 72.8 Å². The Kier molecular flexibility index (Phi) is 7.39. The van der Waals surface area contributed by atoms with Crippen molar-refractivity contribution in [1.29, 1.82) is 0 Å². The van der Waals surface area contributed by atoms with E-state index in [1.165, 1.54) is 6.92 Å². The number of amides is 3. The number of hydrogen-bond acceptors (Lipinski definition) is 3. The van der Waals surface area contributed by atoms with Crippen LogP contribution in [-0.2, 0) is 9.59 Å². The van der Waals surface area contributed by atoms with Crippen LogP contribution >= 0.6 is 0 Å². The molecule has 164 valence electrons. The van der Waals surface area contributed by atoms with Crippen LogP contribution < -0.4 is 16.0 Å². The highest BCUT2D eigenvalue weighted by atomic mass is 16.2. The van der Waals surface area contributed by atoms with Gasteiger partial charge >= 0.3 is 0 Å². The predicted octanol–water partition coefficient (Wildman–Crippen LogP) is 4.76. The number of rotatable bonds is 7. The number of benzene rings is 3. The Morgan fingerprint density at radius 2 is 1.53 bits per heavy atom. The maximum absolute atomic E-state index is 12.8. The van der Waals surface area contributed by atoms with Gasteiger partial charge in [0.2, 0.25) is 11.8 Å². The second-order valence-corrected chi connectivity index (χ2v) is 7.79. The molecule has 0 aromatic heterocycles. The summed E-state index contributed by atoms with van der Waals surface area (Å²) < 4.78 is 0.